The van der Waals surface area contributed by atoms with Gasteiger partial charge >= 0.3 is 5.97 Å². The van der Waals surface area contributed by atoms with Gasteiger partial charge in [-0.25, -0.2) is 4.79 Å². The Labute approximate surface area is 154 Å². The Kier molecular flexibility index (Phi) is 5.68. The van der Waals surface area contributed by atoms with Gasteiger partial charge in [-0.2, -0.15) is 0 Å². The fraction of sp³-hybridized carbons (Fsp3) is 0.333. The average Bonchev–Trinajstić information content (AvgIpc) is 2.66. The van der Waals surface area contributed by atoms with Crippen LogP contribution in [0.1, 0.15) is 35.2 Å². The zero-order valence-electron chi connectivity index (χ0n) is 15.2. The minimum absolute atomic E-state index is 0.0398. The standard InChI is InChI=1S/C21H24N2O3/c1-15(24)22-13-16-7-9-17(10-8-16)14-23-12-11-18-5-3-4-6-19(18)20(23)21(25)26-2/h3-10,20H,11-14H2,1-2H3,(H,22,24). The van der Waals surface area contributed by atoms with Gasteiger partial charge in [-0.15, -0.1) is 0 Å². The van der Waals surface area contributed by atoms with Crippen molar-refractivity contribution < 1.29 is 14.3 Å². The highest BCUT2D eigenvalue weighted by Crippen LogP contribution is 2.31. The molecule has 1 atom stereocenters. The molecular formula is C21H24N2O3. The van der Waals surface area contributed by atoms with E-state index in [4.69, 9.17) is 4.74 Å². The molecule has 0 radical (unpaired) electrons. The van der Waals surface area contributed by atoms with Crippen LogP contribution in [0.4, 0.5) is 0 Å². The Hall–Kier alpha value is -2.66. The Morgan fingerprint density at radius 1 is 1.12 bits per heavy atom. The number of carbonyl (C=O) groups excluding carboxylic acids is 2. The van der Waals surface area contributed by atoms with Crippen LogP contribution >= 0.6 is 0 Å². The van der Waals surface area contributed by atoms with Crippen molar-refractivity contribution in [3.05, 3.63) is 70.8 Å². The Balaban J connectivity index is 1.76. The number of ether oxygens (including phenoxy) is 1. The molecule has 1 amide bonds. The van der Waals surface area contributed by atoms with Gasteiger partial charge in [0.1, 0.15) is 6.04 Å². The lowest BCUT2D eigenvalue weighted by atomic mass is 9.92. The van der Waals surface area contributed by atoms with E-state index < -0.39 is 0 Å². The highest BCUT2D eigenvalue weighted by molar-refractivity contribution is 5.78. The molecule has 2 aromatic carbocycles. The van der Waals surface area contributed by atoms with E-state index >= 15 is 0 Å². The minimum Gasteiger partial charge on any atom is -0.468 e. The number of rotatable bonds is 5. The van der Waals surface area contributed by atoms with Gasteiger partial charge in [0.15, 0.2) is 0 Å². The molecule has 0 saturated heterocycles. The molecule has 3 rings (SSSR count). The van der Waals surface area contributed by atoms with Crippen molar-refractivity contribution >= 4 is 11.9 Å². The lowest BCUT2D eigenvalue weighted by Crippen LogP contribution is -2.39. The summed E-state index contributed by atoms with van der Waals surface area (Å²) in [5.41, 5.74) is 4.43. The van der Waals surface area contributed by atoms with Crippen LogP contribution in [0.2, 0.25) is 0 Å². The van der Waals surface area contributed by atoms with E-state index in [1.807, 2.05) is 42.5 Å². The van der Waals surface area contributed by atoms with E-state index in [9.17, 15) is 9.59 Å². The number of nitrogens with one attached hydrogen (secondary N) is 1. The van der Waals surface area contributed by atoms with Crippen molar-refractivity contribution in [3.63, 3.8) is 0 Å². The summed E-state index contributed by atoms with van der Waals surface area (Å²) in [5, 5.41) is 2.79. The number of carbonyl (C=O) groups is 2. The smallest absolute Gasteiger partial charge is 0.327 e. The third kappa shape index (κ3) is 4.11. The Bertz CT molecular complexity index is 786. The highest BCUT2D eigenvalue weighted by Gasteiger charge is 2.33. The Morgan fingerprint density at radius 2 is 1.81 bits per heavy atom. The maximum Gasteiger partial charge on any atom is 0.327 e. The molecule has 1 heterocycles. The van der Waals surface area contributed by atoms with Gasteiger partial charge < -0.3 is 10.1 Å². The van der Waals surface area contributed by atoms with E-state index in [1.54, 1.807) is 0 Å². The van der Waals surface area contributed by atoms with E-state index in [0.29, 0.717) is 13.1 Å². The molecule has 2 aromatic rings. The fourth-order valence-corrected chi connectivity index (χ4v) is 3.40. The first-order valence-electron chi connectivity index (χ1n) is 8.80. The minimum atomic E-state index is -0.371. The van der Waals surface area contributed by atoms with Crippen LogP contribution in [-0.4, -0.2) is 30.4 Å². The molecule has 0 aliphatic carbocycles. The molecule has 1 unspecified atom stereocenters. The monoisotopic (exact) mass is 352 g/mol. The summed E-state index contributed by atoms with van der Waals surface area (Å²) in [4.78, 5) is 25.6. The second-order valence-corrected chi connectivity index (χ2v) is 6.57. The van der Waals surface area contributed by atoms with Crippen molar-refractivity contribution in [1.82, 2.24) is 10.2 Å². The summed E-state index contributed by atoms with van der Waals surface area (Å²) in [6, 6.07) is 15.8. The highest BCUT2D eigenvalue weighted by atomic mass is 16.5. The van der Waals surface area contributed by atoms with Crippen LogP contribution in [-0.2, 0) is 33.8 Å². The van der Waals surface area contributed by atoms with Crippen LogP contribution in [0.3, 0.4) is 0 Å². The van der Waals surface area contributed by atoms with Gasteiger partial charge in [0.2, 0.25) is 5.91 Å². The maximum absolute atomic E-state index is 12.4. The van der Waals surface area contributed by atoms with Gasteiger partial charge in [0.25, 0.3) is 0 Å². The third-order valence-electron chi connectivity index (χ3n) is 4.76. The molecule has 0 spiro atoms. The molecule has 1 aliphatic rings. The number of hydrogen-bond donors (Lipinski definition) is 1. The summed E-state index contributed by atoms with van der Waals surface area (Å²) in [5.74, 6) is -0.263. The number of fused-ring (bicyclic) bond motifs is 1. The molecule has 1 N–H and O–H groups in total. The first kappa shape index (κ1) is 18.1. The first-order chi connectivity index (χ1) is 12.6. The molecule has 5 nitrogen and oxygen atoms in total. The zero-order valence-corrected chi connectivity index (χ0v) is 15.2. The summed E-state index contributed by atoms with van der Waals surface area (Å²) in [6.45, 7) is 3.52. The Morgan fingerprint density at radius 3 is 2.50 bits per heavy atom. The number of nitrogens with zero attached hydrogens (tertiary/aromatic N) is 1. The van der Waals surface area contributed by atoms with Crippen molar-refractivity contribution in [2.24, 2.45) is 0 Å². The average molecular weight is 352 g/mol. The van der Waals surface area contributed by atoms with Gasteiger partial charge in [-0.3, -0.25) is 9.69 Å². The molecule has 0 fully saturated rings. The number of methoxy groups -OCH3 is 1. The third-order valence-corrected chi connectivity index (χ3v) is 4.76. The number of esters is 1. The summed E-state index contributed by atoms with van der Waals surface area (Å²) in [7, 11) is 1.44. The molecule has 0 aromatic heterocycles. The summed E-state index contributed by atoms with van der Waals surface area (Å²) < 4.78 is 5.07. The second-order valence-electron chi connectivity index (χ2n) is 6.57. The van der Waals surface area contributed by atoms with Crippen molar-refractivity contribution in [2.45, 2.75) is 32.5 Å². The van der Waals surface area contributed by atoms with Crippen LogP contribution in [0.25, 0.3) is 0 Å². The van der Waals surface area contributed by atoms with Crippen LogP contribution < -0.4 is 5.32 Å². The van der Waals surface area contributed by atoms with Gasteiger partial charge in [0, 0.05) is 26.6 Å². The predicted molar refractivity (Wildman–Crippen MR) is 99.3 cm³/mol. The van der Waals surface area contributed by atoms with Crippen molar-refractivity contribution in [1.29, 1.82) is 0 Å². The number of amides is 1. The molecule has 136 valence electrons. The lowest BCUT2D eigenvalue weighted by Gasteiger charge is -2.35. The zero-order chi connectivity index (χ0) is 18.5. The first-order valence-corrected chi connectivity index (χ1v) is 8.80. The normalized spacial score (nSPS) is 16.6. The van der Waals surface area contributed by atoms with Gasteiger partial charge in [0.05, 0.1) is 7.11 Å². The second kappa shape index (κ2) is 8.15. The summed E-state index contributed by atoms with van der Waals surface area (Å²) >= 11 is 0. The topological polar surface area (TPSA) is 58.6 Å². The maximum atomic E-state index is 12.4. The SMILES string of the molecule is COC(=O)C1c2ccccc2CCN1Cc1ccc(CNC(C)=O)cc1. The molecule has 26 heavy (non-hydrogen) atoms. The van der Waals surface area contributed by atoms with Crippen LogP contribution in [0.5, 0.6) is 0 Å². The number of hydrogen-bond acceptors (Lipinski definition) is 4. The van der Waals surface area contributed by atoms with E-state index in [-0.39, 0.29) is 17.9 Å². The summed E-state index contributed by atoms with van der Waals surface area (Å²) in [6.07, 6.45) is 0.921. The number of benzene rings is 2. The van der Waals surface area contributed by atoms with Crippen LogP contribution in [0, 0.1) is 0 Å². The lowest BCUT2D eigenvalue weighted by molar-refractivity contribution is -0.148. The molecular weight excluding hydrogens is 328 g/mol. The predicted octanol–water partition coefficient (Wildman–Crippen LogP) is 2.60. The van der Waals surface area contributed by atoms with Crippen LogP contribution in [0.15, 0.2) is 48.5 Å². The van der Waals surface area contributed by atoms with Crippen molar-refractivity contribution in [3.8, 4) is 0 Å². The molecule has 5 heteroatoms. The largest absolute Gasteiger partial charge is 0.468 e. The van der Waals surface area contributed by atoms with E-state index in [2.05, 4.69) is 16.3 Å². The molecule has 1 aliphatic heterocycles. The molecule has 0 saturated carbocycles. The van der Waals surface area contributed by atoms with Crippen molar-refractivity contribution in [2.75, 3.05) is 13.7 Å². The fourth-order valence-electron chi connectivity index (χ4n) is 3.40. The van der Waals surface area contributed by atoms with E-state index in [1.165, 1.54) is 19.6 Å². The van der Waals surface area contributed by atoms with E-state index in [0.717, 1.165) is 29.7 Å². The van der Waals surface area contributed by atoms with Gasteiger partial charge in [-0.05, 0) is 28.7 Å². The molecule has 0 bridgehead atoms. The van der Waals surface area contributed by atoms with Gasteiger partial charge in [-0.1, -0.05) is 48.5 Å². The quantitative estimate of drug-likeness (QED) is 0.841.